The van der Waals surface area contributed by atoms with Crippen LogP contribution in [0, 0.1) is 5.92 Å². The van der Waals surface area contributed by atoms with E-state index in [0.717, 1.165) is 51.0 Å². The molecule has 2 aliphatic heterocycles. The number of carbonyl (C=O) groups is 2. The van der Waals surface area contributed by atoms with Gasteiger partial charge in [-0.1, -0.05) is 26.0 Å². The first-order valence-electron chi connectivity index (χ1n) is 9.39. The minimum atomic E-state index is -0.901. The summed E-state index contributed by atoms with van der Waals surface area (Å²) in [6, 6.07) is 7.04. The molecule has 26 heavy (non-hydrogen) atoms. The topological polar surface area (TPSA) is 70.1 Å². The molecule has 1 aromatic carbocycles. The number of benzene rings is 1. The maximum Gasteiger partial charge on any atom is 0.410 e. The zero-order valence-electron chi connectivity index (χ0n) is 15.6. The summed E-state index contributed by atoms with van der Waals surface area (Å²) in [5.74, 6) is -0.324. The Bertz CT molecular complexity index is 648. The van der Waals surface area contributed by atoms with E-state index in [0.29, 0.717) is 18.0 Å². The first kappa shape index (κ1) is 18.7. The van der Waals surface area contributed by atoms with Crippen molar-refractivity contribution in [3.05, 3.63) is 35.4 Å². The van der Waals surface area contributed by atoms with Crippen LogP contribution >= 0.6 is 0 Å². The number of piperidine rings is 1. The van der Waals surface area contributed by atoms with E-state index in [2.05, 4.69) is 18.7 Å². The van der Waals surface area contributed by atoms with Crippen LogP contribution in [0.1, 0.15) is 49.0 Å². The third-order valence-corrected chi connectivity index (χ3v) is 5.39. The van der Waals surface area contributed by atoms with Gasteiger partial charge in [-0.25, -0.2) is 9.59 Å². The number of carboxylic acid groups (broad SMARTS) is 1. The molecule has 0 aliphatic carbocycles. The van der Waals surface area contributed by atoms with E-state index in [1.807, 2.05) is 17.0 Å². The van der Waals surface area contributed by atoms with Crippen molar-refractivity contribution in [3.8, 4) is 0 Å². The smallest absolute Gasteiger partial charge is 0.410 e. The third-order valence-electron chi connectivity index (χ3n) is 5.39. The second-order valence-electron chi connectivity index (χ2n) is 7.93. The highest BCUT2D eigenvalue weighted by atomic mass is 16.6. The Morgan fingerprint density at radius 1 is 1.23 bits per heavy atom. The minimum Gasteiger partial charge on any atom is -0.478 e. The molecule has 142 valence electrons. The van der Waals surface area contributed by atoms with Crippen LogP contribution in [0.5, 0.6) is 0 Å². The second kappa shape index (κ2) is 7.66. The van der Waals surface area contributed by atoms with Crippen LogP contribution in [-0.2, 0) is 11.3 Å². The largest absolute Gasteiger partial charge is 0.478 e. The molecule has 6 nitrogen and oxygen atoms in total. The van der Waals surface area contributed by atoms with Gasteiger partial charge in [0, 0.05) is 39.0 Å². The van der Waals surface area contributed by atoms with Gasteiger partial charge in [-0.3, -0.25) is 4.90 Å². The van der Waals surface area contributed by atoms with Crippen LogP contribution in [-0.4, -0.2) is 58.7 Å². The van der Waals surface area contributed by atoms with Crippen molar-refractivity contribution >= 4 is 12.1 Å². The van der Waals surface area contributed by atoms with Crippen LogP contribution < -0.4 is 0 Å². The van der Waals surface area contributed by atoms with Gasteiger partial charge >= 0.3 is 12.1 Å². The van der Waals surface area contributed by atoms with E-state index >= 15 is 0 Å². The number of hydrogen-bond acceptors (Lipinski definition) is 4. The molecule has 0 radical (unpaired) electrons. The highest BCUT2D eigenvalue weighted by molar-refractivity contribution is 5.87. The van der Waals surface area contributed by atoms with E-state index in [9.17, 15) is 9.59 Å². The lowest BCUT2D eigenvalue weighted by atomic mass is 9.91. The first-order valence-corrected chi connectivity index (χ1v) is 9.39. The normalized spacial score (nSPS) is 20.0. The summed E-state index contributed by atoms with van der Waals surface area (Å²) in [7, 11) is 0. The molecule has 2 aliphatic rings. The predicted octanol–water partition coefficient (Wildman–Crippen LogP) is 3.22. The van der Waals surface area contributed by atoms with Gasteiger partial charge in [-0.2, -0.15) is 0 Å². The summed E-state index contributed by atoms with van der Waals surface area (Å²) in [6.45, 7) is 8.37. The van der Waals surface area contributed by atoms with Gasteiger partial charge in [0.2, 0.25) is 0 Å². The monoisotopic (exact) mass is 360 g/mol. The summed E-state index contributed by atoms with van der Waals surface area (Å²) < 4.78 is 5.77. The number of likely N-dealkylation sites (tertiary alicyclic amines) is 1. The summed E-state index contributed by atoms with van der Waals surface area (Å²) in [5, 5.41) is 8.97. The Balaban J connectivity index is 1.51. The second-order valence-corrected chi connectivity index (χ2v) is 7.93. The molecule has 0 unspecified atom stereocenters. The first-order chi connectivity index (χ1) is 12.4. The highest BCUT2D eigenvalue weighted by Crippen LogP contribution is 2.34. The van der Waals surface area contributed by atoms with Crippen molar-refractivity contribution in [1.82, 2.24) is 9.80 Å². The van der Waals surface area contributed by atoms with E-state index in [1.165, 1.54) is 0 Å². The molecule has 1 aromatic rings. The third kappa shape index (κ3) is 4.36. The number of hydrogen-bond donors (Lipinski definition) is 1. The summed E-state index contributed by atoms with van der Waals surface area (Å²) in [6.07, 6.45) is 2.54. The van der Waals surface area contributed by atoms with E-state index in [1.54, 1.807) is 12.1 Å². The van der Waals surface area contributed by atoms with Crippen LogP contribution in [0.25, 0.3) is 0 Å². The van der Waals surface area contributed by atoms with Crippen LogP contribution in [0.4, 0.5) is 4.79 Å². The lowest BCUT2D eigenvalue weighted by Gasteiger charge is -2.37. The van der Waals surface area contributed by atoms with Crippen molar-refractivity contribution in [1.29, 1.82) is 0 Å². The lowest BCUT2D eigenvalue weighted by molar-refractivity contribution is -0.00126. The number of carbonyl (C=O) groups excluding carboxylic acids is 1. The molecule has 1 spiro atoms. The lowest BCUT2D eigenvalue weighted by Crippen LogP contribution is -2.46. The van der Waals surface area contributed by atoms with Gasteiger partial charge in [0.25, 0.3) is 0 Å². The van der Waals surface area contributed by atoms with Gasteiger partial charge in [0.15, 0.2) is 0 Å². The van der Waals surface area contributed by atoms with Crippen LogP contribution in [0.15, 0.2) is 24.3 Å². The maximum absolute atomic E-state index is 12.2. The molecule has 2 saturated heterocycles. The zero-order chi connectivity index (χ0) is 18.7. The number of rotatable bonds is 6. The average Bonchev–Trinajstić information content (AvgIpc) is 2.91. The number of ether oxygens (including phenoxy) is 1. The number of amides is 1. The molecule has 0 aromatic heterocycles. The van der Waals surface area contributed by atoms with Crippen LogP contribution in [0.3, 0.4) is 0 Å². The summed E-state index contributed by atoms with van der Waals surface area (Å²) in [5.41, 5.74) is 1.09. The van der Waals surface area contributed by atoms with E-state index in [-0.39, 0.29) is 11.7 Å². The molecule has 1 N–H and O–H groups in total. The number of carboxylic acids is 1. The van der Waals surface area contributed by atoms with Gasteiger partial charge in [0.1, 0.15) is 5.60 Å². The molecule has 6 heteroatoms. The maximum atomic E-state index is 12.2. The Morgan fingerprint density at radius 2 is 1.88 bits per heavy atom. The number of aromatic carboxylic acids is 1. The zero-order valence-corrected chi connectivity index (χ0v) is 15.6. The Morgan fingerprint density at radius 3 is 2.46 bits per heavy atom. The molecule has 0 bridgehead atoms. The number of nitrogens with zero attached hydrogens (tertiary/aromatic N) is 2. The molecule has 0 saturated carbocycles. The SMILES string of the molecule is CC(C)CCN1CC2(CCN(Cc3ccc(C(=O)O)cc3)CC2)OC1=O. The van der Waals surface area contributed by atoms with Gasteiger partial charge in [0.05, 0.1) is 12.1 Å². The van der Waals surface area contributed by atoms with Crippen LogP contribution in [0.2, 0.25) is 0 Å². The highest BCUT2D eigenvalue weighted by Gasteiger charge is 2.46. The standard InChI is InChI=1S/C20H28N2O4/c1-15(2)7-10-22-14-20(26-19(22)25)8-11-21(12-9-20)13-16-3-5-17(6-4-16)18(23)24/h3-6,15H,7-14H2,1-2H3,(H,23,24). The predicted molar refractivity (Wildman–Crippen MR) is 98.2 cm³/mol. The fourth-order valence-corrected chi connectivity index (χ4v) is 3.67. The molecule has 2 heterocycles. The molecule has 0 atom stereocenters. The molecule has 1 amide bonds. The summed E-state index contributed by atoms with van der Waals surface area (Å²) >= 11 is 0. The van der Waals surface area contributed by atoms with E-state index in [4.69, 9.17) is 9.84 Å². The van der Waals surface area contributed by atoms with E-state index < -0.39 is 5.97 Å². The fraction of sp³-hybridized carbons (Fsp3) is 0.600. The molecular formula is C20H28N2O4. The van der Waals surface area contributed by atoms with Gasteiger partial charge < -0.3 is 14.7 Å². The average molecular weight is 360 g/mol. The van der Waals surface area contributed by atoms with Gasteiger partial charge in [-0.15, -0.1) is 0 Å². The summed E-state index contributed by atoms with van der Waals surface area (Å²) in [4.78, 5) is 27.3. The van der Waals surface area contributed by atoms with Crippen molar-refractivity contribution in [2.24, 2.45) is 5.92 Å². The van der Waals surface area contributed by atoms with Crippen molar-refractivity contribution < 1.29 is 19.4 Å². The Hall–Kier alpha value is -2.08. The molecular weight excluding hydrogens is 332 g/mol. The van der Waals surface area contributed by atoms with Crippen molar-refractivity contribution in [3.63, 3.8) is 0 Å². The minimum absolute atomic E-state index is 0.164. The van der Waals surface area contributed by atoms with Crippen molar-refractivity contribution in [2.45, 2.75) is 45.3 Å². The van der Waals surface area contributed by atoms with Crippen molar-refractivity contribution in [2.75, 3.05) is 26.2 Å². The molecule has 3 rings (SSSR count). The van der Waals surface area contributed by atoms with Gasteiger partial charge in [-0.05, 0) is 30.0 Å². The molecule has 2 fully saturated rings. The Labute approximate surface area is 154 Å². The Kier molecular flexibility index (Phi) is 5.51. The fourth-order valence-electron chi connectivity index (χ4n) is 3.67. The quantitative estimate of drug-likeness (QED) is 0.843.